The molecule has 0 atom stereocenters. The van der Waals surface area contributed by atoms with Gasteiger partial charge in [0.2, 0.25) is 0 Å². The van der Waals surface area contributed by atoms with Crippen molar-refractivity contribution in [2.75, 3.05) is 34.7 Å². The van der Waals surface area contributed by atoms with Crippen LogP contribution in [-0.4, -0.2) is 79.9 Å². The van der Waals surface area contributed by atoms with Gasteiger partial charge in [-0.3, -0.25) is 0 Å². The third-order valence-electron chi connectivity index (χ3n) is 5.01. The number of phosphoric acid groups is 2. The molecule has 0 aromatic carbocycles. The Kier molecular flexibility index (Phi) is 27.2. The Hall–Kier alpha value is 0.140. The summed E-state index contributed by atoms with van der Waals surface area (Å²) >= 11 is 0. The Labute approximate surface area is 201 Å². The van der Waals surface area contributed by atoms with Gasteiger partial charge < -0.3 is 39.2 Å². The molecule has 0 unspecified atom stereocenters. The van der Waals surface area contributed by atoms with Gasteiger partial charge in [-0.05, 0) is 54.0 Å². The smallest absolute Gasteiger partial charge is 0.309 e. The van der Waals surface area contributed by atoms with Crippen LogP contribution in [0.5, 0.6) is 0 Å². The van der Waals surface area contributed by atoms with Crippen molar-refractivity contribution in [2.24, 2.45) is 0 Å². The normalized spacial score (nSPS) is 15.3. The molecule has 10 nitrogen and oxygen atoms in total. The van der Waals surface area contributed by atoms with Crippen LogP contribution < -0.4 is 0 Å². The average molecular weight is 523 g/mol. The molecule has 0 spiro atoms. The van der Waals surface area contributed by atoms with Crippen molar-refractivity contribution in [3.8, 4) is 0 Å². The van der Waals surface area contributed by atoms with Gasteiger partial charge >= 0.3 is 15.6 Å². The molecule has 33 heavy (non-hydrogen) atoms. The maximum Gasteiger partial charge on any atom is 0.466 e. The molecule has 1 rings (SSSR count). The lowest BCUT2D eigenvalue weighted by molar-refractivity contribution is 0.242. The zero-order valence-electron chi connectivity index (χ0n) is 21.5. The fourth-order valence-corrected chi connectivity index (χ4v) is 3.34. The van der Waals surface area contributed by atoms with Gasteiger partial charge in [0.05, 0.1) is 0 Å². The summed E-state index contributed by atoms with van der Waals surface area (Å²) < 4.78 is 17.8. The number of hydrogen-bond donors (Lipinski definition) is 6. The van der Waals surface area contributed by atoms with Gasteiger partial charge in [0.25, 0.3) is 0 Å². The first-order chi connectivity index (χ1) is 15.1. The van der Waals surface area contributed by atoms with Crippen molar-refractivity contribution in [1.29, 1.82) is 0 Å². The van der Waals surface area contributed by atoms with Crippen LogP contribution in [0.4, 0.5) is 0 Å². The van der Waals surface area contributed by atoms with Crippen molar-refractivity contribution >= 4 is 15.6 Å². The van der Waals surface area contributed by atoms with Crippen molar-refractivity contribution in [2.45, 2.75) is 103 Å². The third kappa shape index (κ3) is 54.5. The summed E-state index contributed by atoms with van der Waals surface area (Å²) in [6.07, 6.45) is 20.0. The van der Waals surface area contributed by atoms with E-state index in [2.05, 4.69) is 44.9 Å². The van der Waals surface area contributed by atoms with Gasteiger partial charge in [-0.1, -0.05) is 77.6 Å². The highest BCUT2D eigenvalue weighted by molar-refractivity contribution is 7.45. The Morgan fingerprint density at radius 2 is 0.970 bits per heavy atom. The predicted molar refractivity (Wildman–Crippen MR) is 135 cm³/mol. The lowest BCUT2D eigenvalue weighted by atomic mass is 9.96. The van der Waals surface area contributed by atoms with Gasteiger partial charge in [-0.25, -0.2) is 9.13 Å². The fraction of sp³-hybridized carbons (Fsp3) is 1.00. The molecule has 0 saturated heterocycles. The highest BCUT2D eigenvalue weighted by atomic mass is 31.2. The minimum atomic E-state index is -4.64. The van der Waals surface area contributed by atoms with E-state index in [1.807, 2.05) is 0 Å². The van der Waals surface area contributed by atoms with Gasteiger partial charge in [-0.15, -0.1) is 0 Å². The van der Waals surface area contributed by atoms with E-state index in [0.29, 0.717) is 0 Å². The molecule has 0 amide bonds. The first-order valence-corrected chi connectivity index (χ1v) is 15.1. The SMILES string of the molecule is CCCCCCCCCN(C)C.CN(C)C1CCCCCCC1.O=P(O)(O)O.O=P(O)(O)O. The molecule has 0 aliphatic heterocycles. The van der Waals surface area contributed by atoms with Crippen LogP contribution in [0.2, 0.25) is 0 Å². The van der Waals surface area contributed by atoms with E-state index in [-0.39, 0.29) is 0 Å². The van der Waals surface area contributed by atoms with Crippen LogP contribution in [-0.2, 0) is 9.13 Å². The number of unbranched alkanes of at least 4 members (excludes halogenated alkanes) is 6. The van der Waals surface area contributed by atoms with Crippen LogP contribution in [0.1, 0.15) is 96.8 Å². The Bertz CT molecular complexity index is 454. The van der Waals surface area contributed by atoms with E-state index in [4.69, 9.17) is 38.5 Å². The second kappa shape index (κ2) is 23.9. The van der Waals surface area contributed by atoms with Gasteiger partial charge in [0, 0.05) is 6.04 Å². The lowest BCUT2D eigenvalue weighted by Gasteiger charge is -2.25. The van der Waals surface area contributed by atoms with Gasteiger partial charge in [0.15, 0.2) is 0 Å². The molecular formula is C21H52N2O8P2. The first kappa shape index (κ1) is 37.7. The van der Waals surface area contributed by atoms with Crippen molar-refractivity contribution in [3.05, 3.63) is 0 Å². The van der Waals surface area contributed by atoms with Crippen LogP contribution in [0.15, 0.2) is 0 Å². The summed E-state index contributed by atoms with van der Waals surface area (Å²) in [4.78, 5) is 47.8. The minimum absolute atomic E-state index is 0.871. The van der Waals surface area contributed by atoms with Crippen LogP contribution in [0.25, 0.3) is 0 Å². The summed E-state index contributed by atoms with van der Waals surface area (Å²) in [5.41, 5.74) is 0. The average Bonchev–Trinajstić information content (AvgIpc) is 2.58. The highest BCUT2D eigenvalue weighted by Gasteiger charge is 2.12. The number of rotatable bonds is 9. The molecule has 1 aliphatic carbocycles. The number of hydrogen-bond acceptors (Lipinski definition) is 4. The number of nitrogens with zero attached hydrogens (tertiary/aromatic N) is 2. The maximum absolute atomic E-state index is 8.88. The van der Waals surface area contributed by atoms with Crippen molar-refractivity contribution in [1.82, 2.24) is 9.80 Å². The highest BCUT2D eigenvalue weighted by Crippen LogP contribution is 2.26. The van der Waals surface area contributed by atoms with Crippen LogP contribution >= 0.6 is 15.6 Å². The molecule has 1 saturated carbocycles. The fourth-order valence-electron chi connectivity index (χ4n) is 3.34. The molecular weight excluding hydrogens is 470 g/mol. The van der Waals surface area contributed by atoms with Crippen LogP contribution in [0, 0.1) is 0 Å². The summed E-state index contributed by atoms with van der Waals surface area (Å²) in [6, 6.07) is 0.871. The van der Waals surface area contributed by atoms with Gasteiger partial charge in [-0.2, -0.15) is 0 Å². The largest absolute Gasteiger partial charge is 0.466 e. The Morgan fingerprint density at radius 3 is 1.30 bits per heavy atom. The van der Waals surface area contributed by atoms with E-state index in [1.165, 1.54) is 96.4 Å². The predicted octanol–water partition coefficient (Wildman–Crippen LogP) is 4.10. The second-order valence-electron chi connectivity index (χ2n) is 8.91. The molecule has 0 aromatic rings. The Morgan fingerprint density at radius 1 is 0.636 bits per heavy atom. The van der Waals surface area contributed by atoms with E-state index >= 15 is 0 Å². The van der Waals surface area contributed by atoms with E-state index in [0.717, 1.165) is 6.04 Å². The van der Waals surface area contributed by atoms with E-state index < -0.39 is 15.6 Å². The molecule has 12 heteroatoms. The third-order valence-corrected chi connectivity index (χ3v) is 5.01. The summed E-state index contributed by atoms with van der Waals surface area (Å²) in [7, 11) is -0.549. The van der Waals surface area contributed by atoms with E-state index in [1.54, 1.807) is 0 Å². The molecule has 0 heterocycles. The molecule has 6 N–H and O–H groups in total. The van der Waals surface area contributed by atoms with Crippen molar-refractivity contribution in [3.63, 3.8) is 0 Å². The van der Waals surface area contributed by atoms with E-state index in [9.17, 15) is 0 Å². The minimum Gasteiger partial charge on any atom is -0.309 e. The topological polar surface area (TPSA) is 162 Å². The lowest BCUT2D eigenvalue weighted by Crippen LogP contribution is -2.28. The summed E-state index contributed by atoms with van der Waals surface area (Å²) in [5.74, 6) is 0. The first-order valence-electron chi connectivity index (χ1n) is 12.0. The zero-order valence-corrected chi connectivity index (χ0v) is 23.3. The molecule has 0 radical (unpaired) electrons. The summed E-state index contributed by atoms with van der Waals surface area (Å²) in [6.45, 7) is 3.53. The Balaban J connectivity index is -0.000000393. The zero-order chi connectivity index (χ0) is 26.3. The van der Waals surface area contributed by atoms with Crippen molar-refractivity contribution < 1.29 is 38.5 Å². The maximum atomic E-state index is 8.88. The molecule has 1 aliphatic rings. The molecule has 0 bridgehead atoms. The molecule has 1 fully saturated rings. The monoisotopic (exact) mass is 522 g/mol. The molecule has 204 valence electrons. The second-order valence-corrected chi connectivity index (χ2v) is 11.0. The standard InChI is InChI=1S/C11H25N.C10H21N.2H3O4P/c1-4-5-6-7-8-9-10-11-12(2)3;1-11(2)10-8-6-4-3-5-7-9-10;2*1-5(2,3)4/h4-11H2,1-3H3;10H,3-9H2,1-2H3;2*(H3,1,2,3,4). The van der Waals surface area contributed by atoms with Gasteiger partial charge in [0.1, 0.15) is 0 Å². The summed E-state index contributed by atoms with van der Waals surface area (Å²) in [5, 5.41) is 0. The quantitative estimate of drug-likeness (QED) is 0.192. The van der Waals surface area contributed by atoms with Crippen LogP contribution in [0.3, 0.4) is 0 Å². The molecule has 0 aromatic heterocycles.